The zero-order valence-electron chi connectivity index (χ0n) is 32.4. The summed E-state index contributed by atoms with van der Waals surface area (Å²) in [7, 11) is 0. The van der Waals surface area contributed by atoms with Gasteiger partial charge in [-0.3, -0.25) is 14.4 Å². The first kappa shape index (κ1) is 43.9. The number of halogens is 1. The van der Waals surface area contributed by atoms with Crippen molar-refractivity contribution in [2.75, 3.05) is 77.4 Å². The maximum Gasteiger partial charge on any atom is 0.308 e. The zero-order chi connectivity index (χ0) is 39.5. The van der Waals surface area contributed by atoms with Gasteiger partial charge in [-0.05, 0) is 89.5 Å². The first-order valence-corrected chi connectivity index (χ1v) is 19.6. The van der Waals surface area contributed by atoms with E-state index in [2.05, 4.69) is 25.3 Å². The lowest BCUT2D eigenvalue weighted by molar-refractivity contribution is -0.156. The number of ether oxygens (including phenoxy) is 6. The van der Waals surface area contributed by atoms with Gasteiger partial charge in [0.2, 0.25) is 11.6 Å². The van der Waals surface area contributed by atoms with E-state index < -0.39 is 5.60 Å². The molecular formula is C40H56ClN5O9. The molecule has 1 aliphatic heterocycles. The Labute approximate surface area is 329 Å². The third kappa shape index (κ3) is 16.4. The van der Waals surface area contributed by atoms with Crippen LogP contribution in [-0.2, 0) is 33.3 Å². The van der Waals surface area contributed by atoms with Gasteiger partial charge in [-0.1, -0.05) is 17.7 Å². The van der Waals surface area contributed by atoms with E-state index in [1.54, 1.807) is 24.3 Å². The van der Waals surface area contributed by atoms with Crippen LogP contribution in [0.2, 0.25) is 5.02 Å². The van der Waals surface area contributed by atoms with E-state index >= 15 is 0 Å². The minimum atomic E-state index is -0.491. The van der Waals surface area contributed by atoms with Gasteiger partial charge in [0, 0.05) is 32.0 Å². The van der Waals surface area contributed by atoms with Crippen molar-refractivity contribution in [3.63, 3.8) is 0 Å². The zero-order valence-corrected chi connectivity index (χ0v) is 33.2. The largest absolute Gasteiger partial charge is 0.490 e. The van der Waals surface area contributed by atoms with Gasteiger partial charge in [0.15, 0.2) is 11.6 Å². The number of aromatic nitrogens is 2. The third-order valence-electron chi connectivity index (χ3n) is 9.27. The van der Waals surface area contributed by atoms with Crippen LogP contribution in [0.5, 0.6) is 5.75 Å². The molecule has 2 aromatic rings. The summed E-state index contributed by atoms with van der Waals surface area (Å²) in [5.41, 5.74) is 0.292. The fraction of sp³-hybridized carbons (Fsp3) is 0.650. The summed E-state index contributed by atoms with van der Waals surface area (Å²) >= 11 is 6.14. The second-order valence-corrected chi connectivity index (χ2v) is 15.1. The van der Waals surface area contributed by atoms with Crippen LogP contribution in [0, 0.1) is 18.4 Å². The summed E-state index contributed by atoms with van der Waals surface area (Å²) in [6.07, 6.45) is 5.58. The number of esters is 1. The maximum atomic E-state index is 13.0. The molecule has 0 atom stereocenters. The smallest absolute Gasteiger partial charge is 0.308 e. The van der Waals surface area contributed by atoms with E-state index in [0.717, 1.165) is 25.7 Å². The minimum Gasteiger partial charge on any atom is -0.490 e. The van der Waals surface area contributed by atoms with Crippen molar-refractivity contribution in [1.82, 2.24) is 15.5 Å². The molecule has 0 unspecified atom stereocenters. The van der Waals surface area contributed by atoms with Crippen molar-refractivity contribution in [2.24, 2.45) is 11.8 Å². The van der Waals surface area contributed by atoms with Crippen molar-refractivity contribution in [3.8, 4) is 5.75 Å². The van der Waals surface area contributed by atoms with Gasteiger partial charge in [0.1, 0.15) is 17.0 Å². The Hall–Kier alpha value is -3.87. The van der Waals surface area contributed by atoms with E-state index in [1.165, 1.54) is 0 Å². The van der Waals surface area contributed by atoms with Crippen molar-refractivity contribution in [1.29, 1.82) is 0 Å². The van der Waals surface area contributed by atoms with Gasteiger partial charge < -0.3 is 38.6 Å². The molecule has 1 aliphatic carbocycles. The van der Waals surface area contributed by atoms with Crippen LogP contribution in [0.15, 0.2) is 30.3 Å². The van der Waals surface area contributed by atoms with E-state index in [1.807, 2.05) is 26.8 Å². The number of amides is 1. The highest BCUT2D eigenvalue weighted by Gasteiger charge is 2.27. The highest BCUT2D eigenvalue weighted by molar-refractivity contribution is 6.33. The standard InChI is InChI=1S/C40H56ClN5O9/c1-40(2,3)55-38(48)15-19-50-21-23-52-25-26-53-24-22-51-20-16-43-39(49)30-13-17-46(18-14-30)37-12-11-35(44-45-37)36(47)27-29-5-7-31(8-6-29)54-32-9-10-34(42-4)33(41)28-32/h9-12,28-31H,5-8,13-27H2,1-3H3,(H,43,49). The van der Waals surface area contributed by atoms with Gasteiger partial charge in [-0.15, -0.1) is 10.2 Å². The predicted molar refractivity (Wildman–Crippen MR) is 207 cm³/mol. The van der Waals surface area contributed by atoms with Crippen LogP contribution in [0.4, 0.5) is 11.5 Å². The lowest BCUT2D eigenvalue weighted by Crippen LogP contribution is -2.41. The number of nitrogens with one attached hydrogen (secondary N) is 1. The first-order chi connectivity index (χ1) is 26.5. The number of Topliss-reactive ketones (excluding diaryl/α,β-unsaturated/α-hetero) is 1. The minimum absolute atomic E-state index is 0.00460. The Morgan fingerprint density at radius 3 is 2.07 bits per heavy atom. The molecule has 15 heteroatoms. The second-order valence-electron chi connectivity index (χ2n) is 14.7. The van der Waals surface area contributed by atoms with E-state index in [9.17, 15) is 14.4 Å². The summed E-state index contributed by atoms with van der Waals surface area (Å²) < 4.78 is 33.2. The van der Waals surface area contributed by atoms with Crippen LogP contribution < -0.4 is 15.0 Å². The molecule has 14 nitrogen and oxygen atoms in total. The van der Waals surface area contributed by atoms with Gasteiger partial charge in [0.25, 0.3) is 0 Å². The Morgan fingerprint density at radius 1 is 0.855 bits per heavy atom. The molecule has 302 valence electrons. The molecule has 2 aliphatic rings. The van der Waals surface area contributed by atoms with E-state index in [0.29, 0.717) is 120 Å². The molecule has 2 fully saturated rings. The molecule has 0 radical (unpaired) electrons. The van der Waals surface area contributed by atoms with Crippen molar-refractivity contribution >= 4 is 40.8 Å². The highest BCUT2D eigenvalue weighted by Crippen LogP contribution is 2.33. The highest BCUT2D eigenvalue weighted by atomic mass is 35.5. The number of hydrogen-bond acceptors (Lipinski definition) is 12. The summed E-state index contributed by atoms with van der Waals surface area (Å²) in [5, 5.41) is 12.0. The number of carbonyl (C=O) groups is 3. The van der Waals surface area contributed by atoms with Crippen molar-refractivity contribution in [3.05, 3.63) is 52.5 Å². The van der Waals surface area contributed by atoms with Gasteiger partial charge in [-0.25, -0.2) is 4.85 Å². The summed E-state index contributed by atoms with van der Waals surface area (Å²) in [6.45, 7) is 17.6. The number of benzene rings is 1. The Bertz CT molecular complexity index is 1530. The fourth-order valence-electron chi connectivity index (χ4n) is 6.38. The molecule has 0 bridgehead atoms. The van der Waals surface area contributed by atoms with Crippen LogP contribution in [0.1, 0.15) is 82.6 Å². The van der Waals surface area contributed by atoms with Crippen LogP contribution >= 0.6 is 11.6 Å². The molecule has 1 amide bonds. The summed E-state index contributed by atoms with van der Waals surface area (Å²) in [4.78, 5) is 42.8. The second kappa shape index (κ2) is 23.3. The van der Waals surface area contributed by atoms with Crippen LogP contribution in [-0.4, -0.2) is 112 Å². The fourth-order valence-corrected chi connectivity index (χ4v) is 6.59. The Morgan fingerprint density at radius 2 is 1.49 bits per heavy atom. The number of piperidine rings is 1. The van der Waals surface area contributed by atoms with Gasteiger partial charge >= 0.3 is 5.97 Å². The molecule has 2 heterocycles. The number of carbonyl (C=O) groups excluding carboxylic acids is 3. The van der Waals surface area contributed by atoms with Crippen LogP contribution in [0.3, 0.4) is 0 Å². The number of rotatable bonds is 22. The average Bonchev–Trinajstić information content (AvgIpc) is 3.16. The first-order valence-electron chi connectivity index (χ1n) is 19.3. The number of anilines is 1. The molecule has 1 saturated heterocycles. The molecule has 1 aromatic heterocycles. The molecule has 1 aromatic carbocycles. The molecule has 55 heavy (non-hydrogen) atoms. The number of hydrogen-bond donors (Lipinski definition) is 1. The van der Waals surface area contributed by atoms with Gasteiger partial charge in [-0.2, -0.15) is 0 Å². The normalized spacial score (nSPS) is 17.7. The third-order valence-corrected chi connectivity index (χ3v) is 9.57. The molecule has 0 spiro atoms. The topological polar surface area (TPSA) is 152 Å². The average molecular weight is 786 g/mol. The predicted octanol–water partition coefficient (Wildman–Crippen LogP) is 6.02. The molecular weight excluding hydrogens is 730 g/mol. The number of ketones is 1. The maximum absolute atomic E-state index is 13.0. The lowest BCUT2D eigenvalue weighted by Gasteiger charge is -2.31. The van der Waals surface area contributed by atoms with Crippen molar-refractivity contribution < 1.29 is 42.8 Å². The molecule has 4 rings (SSSR count). The quantitative estimate of drug-likeness (QED) is 0.0643. The number of nitrogens with zero attached hydrogens (tertiary/aromatic N) is 4. The van der Waals surface area contributed by atoms with E-state index in [4.69, 9.17) is 46.6 Å². The van der Waals surface area contributed by atoms with Crippen molar-refractivity contribution in [2.45, 2.75) is 83.8 Å². The monoisotopic (exact) mass is 785 g/mol. The molecule has 1 saturated carbocycles. The van der Waals surface area contributed by atoms with Crippen LogP contribution in [0.25, 0.3) is 4.85 Å². The lowest BCUT2D eigenvalue weighted by atomic mass is 9.84. The van der Waals surface area contributed by atoms with E-state index in [-0.39, 0.29) is 42.0 Å². The SMILES string of the molecule is [C-]#[N+]c1ccc(OC2CCC(CC(=O)c3ccc(N4CCC(C(=O)NCCOCCOCCOCCOCCC(=O)OC(C)(C)C)CC4)nn3)CC2)cc1Cl. The van der Waals surface area contributed by atoms with Gasteiger partial charge in [0.05, 0.1) is 77.0 Å². The summed E-state index contributed by atoms with van der Waals surface area (Å²) in [6, 6.07) is 8.73. The Kier molecular flexibility index (Phi) is 18.5. The molecule has 1 N–H and O–H groups in total. The summed E-state index contributed by atoms with van der Waals surface area (Å²) in [5.74, 6) is 1.31. The Balaban J connectivity index is 0.980.